The molecule has 0 aliphatic rings. The van der Waals surface area contributed by atoms with E-state index in [1.165, 1.54) is 19.3 Å². The molecule has 0 aliphatic carbocycles. The molecule has 0 atom stereocenters. The van der Waals surface area contributed by atoms with E-state index in [1.54, 1.807) is 0 Å². The number of amides is 2. The third-order valence-corrected chi connectivity index (χ3v) is 4.51. The maximum atomic E-state index is 11.8. The maximum absolute atomic E-state index is 11.8. The number of rotatable bonds is 14. The van der Waals surface area contributed by atoms with Gasteiger partial charge in [0.15, 0.2) is 0 Å². The summed E-state index contributed by atoms with van der Waals surface area (Å²) in [5, 5.41) is 0. The lowest BCUT2D eigenvalue weighted by atomic mass is 10.1. The van der Waals surface area contributed by atoms with Gasteiger partial charge < -0.3 is 9.80 Å². The predicted molar refractivity (Wildman–Crippen MR) is 97.4 cm³/mol. The highest BCUT2D eigenvalue weighted by Gasteiger charge is 2.09. The summed E-state index contributed by atoms with van der Waals surface area (Å²) in [5.74, 6) is 0.592. The van der Waals surface area contributed by atoms with Crippen molar-refractivity contribution in [3.8, 4) is 0 Å². The molecule has 136 valence electrons. The molecule has 0 fully saturated rings. The van der Waals surface area contributed by atoms with Gasteiger partial charge in [-0.25, -0.2) is 0 Å². The summed E-state index contributed by atoms with van der Waals surface area (Å²) in [4.78, 5) is 27.5. The second-order valence-electron chi connectivity index (χ2n) is 6.11. The number of nitrogens with zero attached hydrogens (tertiary/aromatic N) is 2. The second-order valence-corrected chi connectivity index (χ2v) is 6.11. The van der Waals surface area contributed by atoms with E-state index in [0.717, 1.165) is 51.9 Å². The van der Waals surface area contributed by atoms with E-state index in [4.69, 9.17) is 0 Å². The molecule has 0 bridgehead atoms. The highest BCUT2D eigenvalue weighted by molar-refractivity contribution is 5.76. The first kappa shape index (κ1) is 21.9. The van der Waals surface area contributed by atoms with Crippen LogP contribution in [0.25, 0.3) is 0 Å². The van der Waals surface area contributed by atoms with Crippen LogP contribution in [0.3, 0.4) is 0 Å². The first-order valence-electron chi connectivity index (χ1n) is 9.66. The van der Waals surface area contributed by atoms with Crippen LogP contribution in [0.4, 0.5) is 0 Å². The topological polar surface area (TPSA) is 40.6 Å². The van der Waals surface area contributed by atoms with Gasteiger partial charge in [0.05, 0.1) is 0 Å². The Morgan fingerprint density at radius 2 is 0.783 bits per heavy atom. The maximum Gasteiger partial charge on any atom is 0.222 e. The Hall–Kier alpha value is -1.06. The molecule has 0 saturated carbocycles. The third-order valence-electron chi connectivity index (χ3n) is 4.51. The average molecular weight is 327 g/mol. The van der Waals surface area contributed by atoms with E-state index >= 15 is 0 Å². The van der Waals surface area contributed by atoms with Crippen LogP contribution in [0.1, 0.15) is 85.5 Å². The SMILES string of the molecule is CCN(CC)C(=O)CCCCCCCCCC(=O)N(CC)CC. The van der Waals surface area contributed by atoms with Gasteiger partial charge in [-0.3, -0.25) is 9.59 Å². The van der Waals surface area contributed by atoms with E-state index in [2.05, 4.69) is 0 Å². The van der Waals surface area contributed by atoms with Gasteiger partial charge in [0.25, 0.3) is 0 Å². The lowest BCUT2D eigenvalue weighted by Gasteiger charge is -2.18. The summed E-state index contributed by atoms with van der Waals surface area (Å²) in [6.07, 6.45) is 9.33. The van der Waals surface area contributed by atoms with Crippen molar-refractivity contribution in [2.45, 2.75) is 85.5 Å². The van der Waals surface area contributed by atoms with E-state index < -0.39 is 0 Å². The van der Waals surface area contributed by atoms with Gasteiger partial charge in [-0.15, -0.1) is 0 Å². The monoisotopic (exact) mass is 326 g/mol. The molecule has 0 rings (SSSR count). The van der Waals surface area contributed by atoms with Crippen molar-refractivity contribution in [3.05, 3.63) is 0 Å². The fourth-order valence-electron chi connectivity index (χ4n) is 2.91. The van der Waals surface area contributed by atoms with E-state index in [-0.39, 0.29) is 0 Å². The zero-order chi connectivity index (χ0) is 17.5. The molecular weight excluding hydrogens is 288 g/mol. The van der Waals surface area contributed by atoms with Gasteiger partial charge in [0.2, 0.25) is 11.8 Å². The zero-order valence-corrected chi connectivity index (χ0v) is 15.9. The molecule has 2 amide bonds. The second kappa shape index (κ2) is 14.5. The van der Waals surface area contributed by atoms with E-state index in [9.17, 15) is 9.59 Å². The fraction of sp³-hybridized carbons (Fsp3) is 0.895. The zero-order valence-electron chi connectivity index (χ0n) is 15.9. The minimum atomic E-state index is 0.296. The van der Waals surface area contributed by atoms with Crippen molar-refractivity contribution < 1.29 is 9.59 Å². The highest BCUT2D eigenvalue weighted by atomic mass is 16.2. The molecule has 0 saturated heterocycles. The quantitative estimate of drug-likeness (QED) is 0.448. The molecule has 0 unspecified atom stereocenters. The van der Waals surface area contributed by atoms with Crippen LogP contribution >= 0.6 is 0 Å². The van der Waals surface area contributed by atoms with Crippen LogP contribution < -0.4 is 0 Å². The molecule has 0 aliphatic heterocycles. The Bertz CT molecular complexity index is 280. The molecule has 0 aromatic rings. The molecular formula is C19H38N2O2. The van der Waals surface area contributed by atoms with Crippen LogP contribution in [0.2, 0.25) is 0 Å². The molecule has 23 heavy (non-hydrogen) atoms. The first-order chi connectivity index (χ1) is 11.1. The summed E-state index contributed by atoms with van der Waals surface area (Å²) in [6, 6.07) is 0. The smallest absolute Gasteiger partial charge is 0.222 e. The van der Waals surface area contributed by atoms with Crippen LogP contribution in [-0.4, -0.2) is 47.8 Å². The van der Waals surface area contributed by atoms with Crippen LogP contribution in [-0.2, 0) is 9.59 Å². The molecule has 4 heteroatoms. The van der Waals surface area contributed by atoms with Crippen molar-refractivity contribution in [1.82, 2.24) is 9.80 Å². The number of carbonyl (C=O) groups excluding carboxylic acids is 2. The fourth-order valence-corrected chi connectivity index (χ4v) is 2.91. The van der Waals surface area contributed by atoms with Gasteiger partial charge in [0.1, 0.15) is 0 Å². The molecule has 0 radical (unpaired) electrons. The van der Waals surface area contributed by atoms with Crippen molar-refractivity contribution in [1.29, 1.82) is 0 Å². The van der Waals surface area contributed by atoms with Gasteiger partial charge >= 0.3 is 0 Å². The number of unbranched alkanes of at least 4 members (excludes halogenated alkanes) is 6. The van der Waals surface area contributed by atoms with Crippen molar-refractivity contribution in [3.63, 3.8) is 0 Å². The van der Waals surface area contributed by atoms with Gasteiger partial charge in [-0.1, -0.05) is 32.1 Å². The van der Waals surface area contributed by atoms with E-state index in [0.29, 0.717) is 24.7 Å². The average Bonchev–Trinajstić information content (AvgIpc) is 2.55. The van der Waals surface area contributed by atoms with Crippen LogP contribution in [0, 0.1) is 0 Å². The lowest BCUT2D eigenvalue weighted by Crippen LogP contribution is -2.30. The summed E-state index contributed by atoms with van der Waals surface area (Å²) < 4.78 is 0. The molecule has 0 spiro atoms. The standard InChI is InChI=1S/C19H38N2O2/c1-5-20(6-2)18(22)16-14-12-10-9-11-13-15-17-19(23)21(7-3)8-4/h5-17H2,1-4H3. The van der Waals surface area contributed by atoms with Crippen LogP contribution in [0.5, 0.6) is 0 Å². The van der Waals surface area contributed by atoms with Gasteiger partial charge in [0, 0.05) is 39.0 Å². The molecule has 0 aromatic heterocycles. The molecule has 0 N–H and O–H groups in total. The Morgan fingerprint density at radius 3 is 1.04 bits per heavy atom. The molecule has 0 heterocycles. The minimum absolute atomic E-state index is 0.296. The summed E-state index contributed by atoms with van der Waals surface area (Å²) in [6.45, 7) is 11.4. The number of carbonyl (C=O) groups is 2. The Labute approximate surface area is 143 Å². The first-order valence-corrected chi connectivity index (χ1v) is 9.66. The van der Waals surface area contributed by atoms with Gasteiger partial charge in [-0.2, -0.15) is 0 Å². The van der Waals surface area contributed by atoms with Crippen LogP contribution in [0.15, 0.2) is 0 Å². The largest absolute Gasteiger partial charge is 0.343 e. The van der Waals surface area contributed by atoms with E-state index in [1.807, 2.05) is 37.5 Å². The normalized spacial score (nSPS) is 10.6. The summed E-state index contributed by atoms with van der Waals surface area (Å²) in [7, 11) is 0. The van der Waals surface area contributed by atoms with Crippen molar-refractivity contribution in [2.24, 2.45) is 0 Å². The Balaban J connectivity index is 3.47. The molecule has 4 nitrogen and oxygen atoms in total. The predicted octanol–water partition coefficient (Wildman–Crippen LogP) is 4.23. The molecule has 0 aromatic carbocycles. The lowest BCUT2D eigenvalue weighted by molar-refractivity contribution is -0.131. The van der Waals surface area contributed by atoms with Gasteiger partial charge in [-0.05, 0) is 40.5 Å². The highest BCUT2D eigenvalue weighted by Crippen LogP contribution is 2.11. The third kappa shape index (κ3) is 10.4. The van der Waals surface area contributed by atoms with Crippen molar-refractivity contribution in [2.75, 3.05) is 26.2 Å². The number of hydrogen-bond donors (Lipinski definition) is 0. The number of hydrogen-bond acceptors (Lipinski definition) is 2. The Kier molecular flexibility index (Phi) is 13.9. The van der Waals surface area contributed by atoms with Crippen molar-refractivity contribution >= 4 is 11.8 Å². The Morgan fingerprint density at radius 1 is 0.522 bits per heavy atom. The summed E-state index contributed by atoms with van der Waals surface area (Å²) in [5.41, 5.74) is 0. The summed E-state index contributed by atoms with van der Waals surface area (Å²) >= 11 is 0. The minimum Gasteiger partial charge on any atom is -0.343 e.